The zero-order valence-corrected chi connectivity index (χ0v) is 9.28. The Morgan fingerprint density at radius 1 is 1.11 bits per heavy atom. The van der Waals surface area contributed by atoms with Crippen LogP contribution in [0.15, 0.2) is 4.90 Å². The molecule has 0 saturated heterocycles. The van der Waals surface area contributed by atoms with E-state index in [1.54, 1.807) is 0 Å². The van der Waals surface area contributed by atoms with Crippen LogP contribution in [-0.2, 0) is 14.1 Å². The highest BCUT2D eigenvalue weighted by molar-refractivity contribution is 7.94. The minimum atomic E-state index is -1.97. The molecule has 0 heterocycles. The summed E-state index contributed by atoms with van der Waals surface area (Å²) in [6, 6.07) is 0. The Morgan fingerprint density at radius 2 is 1.61 bits per heavy atom. The first-order valence-corrected chi connectivity index (χ1v) is 4.77. The fourth-order valence-corrected chi connectivity index (χ4v) is 1.44. The van der Waals surface area contributed by atoms with Crippen molar-refractivity contribution >= 4 is 18.0 Å². The summed E-state index contributed by atoms with van der Waals surface area (Å²) < 4.78 is 60.7. The maximum absolute atomic E-state index is 13.3. The maximum atomic E-state index is 13.3. The van der Waals surface area contributed by atoms with Gasteiger partial charge in [-0.15, -0.1) is 0 Å². The first kappa shape index (κ1) is 14.7. The average molecular weight is 287 g/mol. The zero-order valence-electron chi connectivity index (χ0n) is 8.46. The number of ether oxygens (including phenoxy) is 1. The van der Waals surface area contributed by atoms with E-state index in [4.69, 9.17) is 0 Å². The Labute approximate surface area is 101 Å². The lowest BCUT2D eigenvalue weighted by Crippen LogP contribution is -2.13. The van der Waals surface area contributed by atoms with Gasteiger partial charge < -0.3 is 9.99 Å². The summed E-state index contributed by atoms with van der Waals surface area (Å²) in [6.45, 7) is 0. The van der Waals surface area contributed by atoms with E-state index in [-0.39, 0.29) is 12.0 Å². The second-order valence-electron chi connectivity index (χ2n) is 2.67. The van der Waals surface area contributed by atoms with Crippen molar-refractivity contribution in [2.45, 2.75) is 4.90 Å². The van der Waals surface area contributed by atoms with Gasteiger partial charge in [-0.05, 0) is 0 Å². The monoisotopic (exact) mass is 287 g/mol. The predicted octanol–water partition coefficient (Wildman–Crippen LogP) is 1.26. The number of carbonyl (C=O) groups is 1. The van der Waals surface area contributed by atoms with Crippen LogP contribution in [-0.4, -0.2) is 13.1 Å². The number of benzene rings is 1. The third-order valence-electron chi connectivity index (χ3n) is 1.76. The molecule has 0 spiro atoms. The summed E-state index contributed by atoms with van der Waals surface area (Å²) in [6.07, 6.45) is 0. The molecule has 1 rings (SSSR count). The molecule has 0 saturated carbocycles. The third-order valence-corrected chi connectivity index (χ3v) is 2.41. The minimum Gasteiger partial charge on any atom is -0.691 e. The zero-order chi connectivity index (χ0) is 13.9. The fourth-order valence-electron chi connectivity index (χ4n) is 1.01. The van der Waals surface area contributed by atoms with E-state index in [0.29, 0.717) is 0 Å². The van der Waals surface area contributed by atoms with E-state index in [0.717, 1.165) is 7.11 Å². The van der Waals surface area contributed by atoms with E-state index in [1.807, 2.05) is 0 Å². The fraction of sp³-hybridized carbons (Fsp3) is 0.125. The van der Waals surface area contributed by atoms with Crippen LogP contribution in [0.3, 0.4) is 0 Å². The molecule has 5 nitrogen and oxygen atoms in total. The highest BCUT2D eigenvalue weighted by atomic mass is 32.2. The maximum Gasteiger partial charge on any atom is 0.344 e. The normalized spacial score (nSPS) is 10.6. The van der Waals surface area contributed by atoms with Crippen molar-refractivity contribution in [1.82, 2.24) is 0 Å². The lowest BCUT2D eigenvalue weighted by Gasteiger charge is -2.10. The van der Waals surface area contributed by atoms with Gasteiger partial charge in [0.05, 0.1) is 19.2 Å². The molecule has 100 valence electrons. The molecule has 0 amide bonds. The SMILES string of the molecule is COC(=O)c1c(F)c(F)c(SOO[O-])c(F)c1F. The van der Waals surface area contributed by atoms with Crippen LogP contribution >= 0.6 is 12.0 Å². The molecule has 0 aliphatic rings. The molecular weight excluding hydrogens is 284 g/mol. The van der Waals surface area contributed by atoms with Gasteiger partial charge in [0, 0.05) is 0 Å². The standard InChI is InChI=1S/C8H4F4O5S/c1-15-8(13)2-3(9)5(11)7(18-17-16-14)6(12)4(2)10/h14H,1H3/p-1. The van der Waals surface area contributed by atoms with Crippen LogP contribution < -0.4 is 5.26 Å². The van der Waals surface area contributed by atoms with Crippen LogP contribution in [0, 0.1) is 23.3 Å². The van der Waals surface area contributed by atoms with E-state index in [1.165, 1.54) is 0 Å². The molecule has 0 N–H and O–H groups in total. The van der Waals surface area contributed by atoms with Crippen molar-refractivity contribution in [3.8, 4) is 0 Å². The molecule has 1 aromatic carbocycles. The van der Waals surface area contributed by atoms with Gasteiger partial charge in [-0.25, -0.2) is 22.4 Å². The molecule has 10 heteroatoms. The third kappa shape index (κ3) is 2.56. The van der Waals surface area contributed by atoms with Crippen molar-refractivity contribution in [1.29, 1.82) is 0 Å². The number of halogens is 4. The van der Waals surface area contributed by atoms with Gasteiger partial charge in [-0.2, -0.15) is 4.33 Å². The first-order valence-electron chi connectivity index (χ1n) is 4.03. The molecule has 0 atom stereocenters. The Hall–Kier alpha value is -1.36. The molecule has 0 bridgehead atoms. The van der Waals surface area contributed by atoms with Crippen molar-refractivity contribution < 1.29 is 41.7 Å². The summed E-state index contributed by atoms with van der Waals surface area (Å²) in [5, 5.41) is 12.2. The highest BCUT2D eigenvalue weighted by Gasteiger charge is 2.30. The van der Waals surface area contributed by atoms with Gasteiger partial charge in [-0.3, -0.25) is 5.04 Å². The predicted molar refractivity (Wildman–Crippen MR) is 45.6 cm³/mol. The summed E-state index contributed by atoms with van der Waals surface area (Å²) in [5.41, 5.74) is -1.53. The molecule has 0 fully saturated rings. The number of rotatable bonds is 4. The van der Waals surface area contributed by atoms with Gasteiger partial charge >= 0.3 is 5.97 Å². The van der Waals surface area contributed by atoms with Gasteiger partial charge in [0.2, 0.25) is 0 Å². The summed E-state index contributed by atoms with van der Waals surface area (Å²) in [7, 11) is 0.772. The Balaban J connectivity index is 3.40. The quantitative estimate of drug-likeness (QED) is 0.207. The molecule has 0 aliphatic heterocycles. The number of methoxy groups -OCH3 is 1. The molecule has 0 radical (unpaired) electrons. The summed E-state index contributed by atoms with van der Waals surface area (Å²) >= 11 is -0.387. The van der Waals surface area contributed by atoms with Crippen LogP contribution in [0.1, 0.15) is 10.4 Å². The molecule has 0 aliphatic carbocycles. The second-order valence-corrected chi connectivity index (χ2v) is 3.38. The number of hydrogen-bond donors (Lipinski definition) is 0. The van der Waals surface area contributed by atoms with Crippen molar-refractivity contribution in [2.75, 3.05) is 7.11 Å². The first-order chi connectivity index (χ1) is 8.45. The molecule has 0 aromatic heterocycles. The number of hydrogen-bond acceptors (Lipinski definition) is 6. The Kier molecular flexibility index (Phi) is 4.90. The van der Waals surface area contributed by atoms with Crippen LogP contribution in [0.2, 0.25) is 0 Å². The van der Waals surface area contributed by atoms with E-state index >= 15 is 0 Å². The molecule has 0 unspecified atom stereocenters. The summed E-state index contributed by atoms with van der Waals surface area (Å²) in [5.74, 6) is -9.39. The van der Waals surface area contributed by atoms with E-state index in [2.05, 4.69) is 14.1 Å². The topological polar surface area (TPSA) is 67.8 Å². The van der Waals surface area contributed by atoms with Crippen LogP contribution in [0.4, 0.5) is 17.6 Å². The smallest absolute Gasteiger partial charge is 0.344 e. The second kappa shape index (κ2) is 6.00. The minimum absolute atomic E-state index is 0.387. The lowest BCUT2D eigenvalue weighted by atomic mass is 10.2. The number of esters is 1. The number of carbonyl (C=O) groups excluding carboxylic acids is 1. The van der Waals surface area contributed by atoms with E-state index < -0.39 is 39.7 Å². The average Bonchev–Trinajstić information content (AvgIpc) is 2.36. The summed E-state index contributed by atoms with van der Waals surface area (Å²) in [4.78, 5) is 9.63. The van der Waals surface area contributed by atoms with Crippen molar-refractivity contribution in [3.63, 3.8) is 0 Å². The largest absolute Gasteiger partial charge is 0.691 e. The van der Waals surface area contributed by atoms with Crippen LogP contribution in [0.5, 0.6) is 0 Å². The van der Waals surface area contributed by atoms with Gasteiger partial charge in [0.1, 0.15) is 10.5 Å². The van der Waals surface area contributed by atoms with Crippen molar-refractivity contribution in [3.05, 3.63) is 28.8 Å². The van der Waals surface area contributed by atoms with Gasteiger partial charge in [-0.1, -0.05) is 0 Å². The molecular formula is C8H3F4O5S-. The van der Waals surface area contributed by atoms with E-state index in [9.17, 15) is 27.6 Å². The van der Waals surface area contributed by atoms with Gasteiger partial charge in [0.25, 0.3) is 0 Å². The lowest BCUT2D eigenvalue weighted by molar-refractivity contribution is -0.777. The van der Waals surface area contributed by atoms with Crippen LogP contribution in [0.25, 0.3) is 0 Å². The highest BCUT2D eigenvalue weighted by Crippen LogP contribution is 2.32. The van der Waals surface area contributed by atoms with Crippen molar-refractivity contribution in [2.24, 2.45) is 0 Å². The molecule has 1 aromatic rings. The Bertz CT molecular complexity index is 452. The molecule has 18 heavy (non-hydrogen) atoms. The van der Waals surface area contributed by atoms with Gasteiger partial charge in [0.15, 0.2) is 23.3 Å². The Morgan fingerprint density at radius 3 is 2.00 bits per heavy atom.